The van der Waals surface area contributed by atoms with Crippen LogP contribution in [0.3, 0.4) is 0 Å². The SMILES string of the molecule is CCCCCCCCCCC[C@@H](CC(=O)O[C@H]1CN(C)[C@@H]([C@H](O[C@@H]2O[C@H](CN)[C@@H](O)[C@H]2O)[C@H]2O[C@@H](n3ccc(=O)[nH]c3=O)[C@H](O)[C@@H]2O)C(=O)N(C)[C@@H]1C(=O)O)OC(=O)C[C@H](C)CC(=O)O[C@@H]1O[C@@H](C)[C@H](OC)[C@@H](OC)[C@H]1OC. The summed E-state index contributed by atoms with van der Waals surface area (Å²) >= 11 is 0. The molecule has 8 N–H and O–H groups in total. The number of H-pyrrole nitrogens is 1. The zero-order valence-corrected chi connectivity index (χ0v) is 45.8. The second-order valence-corrected chi connectivity index (χ2v) is 20.7. The number of aromatic nitrogens is 2. The van der Waals surface area contributed by atoms with Crippen LogP contribution in [0.1, 0.15) is 110 Å². The van der Waals surface area contributed by atoms with E-state index in [0.29, 0.717) is 6.42 Å². The Morgan fingerprint density at radius 3 is 1.97 bits per heavy atom. The van der Waals surface area contributed by atoms with E-state index in [1.54, 1.807) is 13.8 Å². The van der Waals surface area contributed by atoms with E-state index in [2.05, 4.69) is 6.92 Å². The van der Waals surface area contributed by atoms with Crippen molar-refractivity contribution in [3.8, 4) is 0 Å². The number of amides is 1. The monoisotopic (exact) mass is 1120 g/mol. The number of nitrogens with zero attached hydrogens (tertiary/aromatic N) is 3. The Kier molecular flexibility index (Phi) is 25.0. The number of nitrogens with two attached hydrogens (primary N) is 1. The second-order valence-electron chi connectivity index (χ2n) is 20.7. The molecule has 27 nitrogen and oxygen atoms in total. The second kappa shape index (κ2) is 30.4. The lowest BCUT2D eigenvalue weighted by molar-refractivity contribution is -0.297. The highest BCUT2D eigenvalue weighted by Crippen LogP contribution is 2.37. The molecule has 4 fully saturated rings. The molecule has 0 aliphatic carbocycles. The first-order valence-corrected chi connectivity index (χ1v) is 26.8. The van der Waals surface area contributed by atoms with E-state index in [9.17, 15) is 59.1 Å². The molecular formula is C51H83N5O22. The number of nitrogens with one attached hydrogen (secondary N) is 1. The Bertz CT molecular complexity index is 2220. The molecular weight excluding hydrogens is 1030 g/mol. The van der Waals surface area contributed by atoms with Gasteiger partial charge < -0.3 is 83.5 Å². The third-order valence-electron chi connectivity index (χ3n) is 14.9. The summed E-state index contributed by atoms with van der Waals surface area (Å²) in [5.74, 6) is -5.57. The molecule has 4 saturated heterocycles. The first kappa shape index (κ1) is 64.3. The lowest BCUT2D eigenvalue weighted by atomic mass is 9.97. The molecule has 1 amide bonds. The molecule has 5 rings (SSSR count). The number of rotatable bonds is 29. The Hall–Kier alpha value is -4.49. The van der Waals surface area contributed by atoms with Crippen LogP contribution >= 0.6 is 0 Å². The number of unbranched alkanes of at least 4 members (excludes halogenated alkanes) is 8. The molecule has 0 spiro atoms. The Labute approximate surface area is 452 Å². The largest absolute Gasteiger partial charge is 0.480 e. The summed E-state index contributed by atoms with van der Waals surface area (Å²) in [5.41, 5.74) is 3.94. The molecule has 78 heavy (non-hydrogen) atoms. The van der Waals surface area contributed by atoms with Gasteiger partial charge >= 0.3 is 29.6 Å². The van der Waals surface area contributed by atoms with Gasteiger partial charge in [0.2, 0.25) is 12.2 Å². The first-order valence-electron chi connectivity index (χ1n) is 26.8. The van der Waals surface area contributed by atoms with Gasteiger partial charge in [-0.15, -0.1) is 0 Å². The van der Waals surface area contributed by atoms with Gasteiger partial charge in [0, 0.05) is 66.6 Å². The van der Waals surface area contributed by atoms with Crippen molar-refractivity contribution in [2.24, 2.45) is 11.7 Å². The highest BCUT2D eigenvalue weighted by Gasteiger charge is 2.57. The summed E-state index contributed by atoms with van der Waals surface area (Å²) in [6.07, 6.45) is -12.6. The third kappa shape index (κ3) is 16.3. The molecule has 0 aromatic carbocycles. The van der Waals surface area contributed by atoms with Crippen molar-refractivity contribution >= 4 is 29.8 Å². The fraction of sp³-hybridized carbons (Fsp3) is 0.824. The van der Waals surface area contributed by atoms with Crippen LogP contribution in [0.25, 0.3) is 0 Å². The van der Waals surface area contributed by atoms with E-state index in [1.807, 2.05) is 4.98 Å². The van der Waals surface area contributed by atoms with E-state index in [4.69, 9.17) is 53.1 Å². The van der Waals surface area contributed by atoms with Gasteiger partial charge in [0.1, 0.15) is 79.3 Å². The van der Waals surface area contributed by atoms with Crippen molar-refractivity contribution in [2.45, 2.75) is 214 Å². The number of carbonyl (C=O) groups is 5. The predicted molar refractivity (Wildman–Crippen MR) is 270 cm³/mol. The van der Waals surface area contributed by atoms with Crippen LogP contribution < -0.4 is 17.0 Å². The van der Waals surface area contributed by atoms with Gasteiger partial charge in [0.05, 0.1) is 12.5 Å². The first-order chi connectivity index (χ1) is 37.1. The number of ether oxygens (including phenoxy) is 10. The fourth-order valence-corrected chi connectivity index (χ4v) is 10.7. The number of carboxylic acid groups (broad SMARTS) is 1. The summed E-state index contributed by atoms with van der Waals surface area (Å²) in [6, 6.07) is -2.60. The standard InChI is InChI=1S/C51H83N5O22/c1-9-10-11-12-13-14-15-16-17-18-28(73-32(58)21-26(2)22-33(59)76-50-45(71-8)44(70-7)41(69-6)27(3)72-50)23-34(60)74-30-25-54(4)36(46(65)55(5)35(30)48(66)67)42(78-49-40(64)37(61)29(24-52)75-49)43-38(62)39(63)47(77-43)56-20-19-31(57)53-51(56)68/h19-20,26-30,35-45,47,49-50,61-64H,9-18,21-25,52H2,1-8H3,(H,66,67)(H,53,57,68)/t26-,27-,28-,29+,30-,35-,36-,37+,38-,39+,40+,41-,42-,43-,44+,45+,47+,49-,50-/m0/s1. The minimum Gasteiger partial charge on any atom is -0.480 e. The maximum absolute atomic E-state index is 14.7. The Balaban J connectivity index is 1.33. The van der Waals surface area contributed by atoms with Crippen LogP contribution in [-0.2, 0) is 71.3 Å². The quantitative estimate of drug-likeness (QED) is 0.0289. The fourth-order valence-electron chi connectivity index (χ4n) is 10.7. The van der Waals surface area contributed by atoms with Gasteiger partial charge in [-0.3, -0.25) is 38.4 Å². The summed E-state index contributed by atoms with van der Waals surface area (Å²) in [7, 11) is 6.87. The summed E-state index contributed by atoms with van der Waals surface area (Å²) in [6.45, 7) is 4.74. The highest BCUT2D eigenvalue weighted by atomic mass is 16.7. The van der Waals surface area contributed by atoms with Crippen LogP contribution in [0.4, 0.5) is 0 Å². The van der Waals surface area contributed by atoms with Gasteiger partial charge in [0.15, 0.2) is 18.6 Å². The lowest BCUT2D eigenvalue weighted by Gasteiger charge is -2.43. The van der Waals surface area contributed by atoms with Crippen LogP contribution in [-0.4, -0.2) is 227 Å². The number of hydrogen-bond donors (Lipinski definition) is 7. The molecule has 4 aliphatic heterocycles. The zero-order valence-electron chi connectivity index (χ0n) is 45.8. The zero-order chi connectivity index (χ0) is 57.5. The molecule has 27 heteroatoms. The number of aromatic amines is 1. The average molecular weight is 1120 g/mol. The lowest BCUT2D eigenvalue weighted by Crippen LogP contribution is -2.59. The number of esters is 3. The normalized spacial score (nSPS) is 32.8. The molecule has 0 unspecified atom stereocenters. The molecule has 4 aliphatic rings. The van der Waals surface area contributed by atoms with Crippen molar-refractivity contribution in [3.05, 3.63) is 33.1 Å². The number of aliphatic carboxylic acids is 1. The van der Waals surface area contributed by atoms with E-state index in [1.165, 1.54) is 39.7 Å². The van der Waals surface area contributed by atoms with E-state index < -0.39 is 170 Å². The van der Waals surface area contributed by atoms with Gasteiger partial charge in [0.25, 0.3) is 5.56 Å². The Morgan fingerprint density at radius 2 is 1.38 bits per heavy atom. The summed E-state index contributed by atoms with van der Waals surface area (Å²) in [5, 5.41) is 55.1. The molecule has 0 radical (unpaired) electrons. The molecule has 1 aromatic rings. The van der Waals surface area contributed by atoms with E-state index in [-0.39, 0.29) is 25.8 Å². The van der Waals surface area contributed by atoms with Crippen molar-refractivity contribution in [1.82, 2.24) is 19.4 Å². The number of carbonyl (C=O) groups excluding carboxylic acids is 4. The molecule has 19 atom stereocenters. The smallest absolute Gasteiger partial charge is 0.330 e. The van der Waals surface area contributed by atoms with Gasteiger partial charge in [-0.2, -0.15) is 0 Å². The van der Waals surface area contributed by atoms with Crippen molar-refractivity contribution in [2.75, 3.05) is 48.5 Å². The summed E-state index contributed by atoms with van der Waals surface area (Å²) < 4.78 is 58.7. The van der Waals surface area contributed by atoms with Gasteiger partial charge in [-0.1, -0.05) is 65.2 Å². The van der Waals surface area contributed by atoms with Crippen molar-refractivity contribution in [1.29, 1.82) is 0 Å². The molecule has 444 valence electrons. The summed E-state index contributed by atoms with van der Waals surface area (Å²) in [4.78, 5) is 97.4. The molecule has 0 saturated carbocycles. The van der Waals surface area contributed by atoms with Gasteiger partial charge in [-0.25, -0.2) is 9.59 Å². The average Bonchev–Trinajstić information content (AvgIpc) is 3.79. The maximum Gasteiger partial charge on any atom is 0.330 e. The predicted octanol–water partition coefficient (Wildman–Crippen LogP) is -0.944. The van der Waals surface area contributed by atoms with Crippen LogP contribution in [0.2, 0.25) is 0 Å². The molecule has 5 heterocycles. The van der Waals surface area contributed by atoms with E-state index >= 15 is 0 Å². The Morgan fingerprint density at radius 1 is 0.769 bits per heavy atom. The highest BCUT2D eigenvalue weighted by molar-refractivity contribution is 5.88. The number of carboxylic acids is 1. The van der Waals surface area contributed by atoms with Crippen LogP contribution in [0.15, 0.2) is 21.9 Å². The van der Waals surface area contributed by atoms with Gasteiger partial charge in [-0.05, 0) is 32.7 Å². The number of aliphatic hydroxyl groups excluding tert-OH is 4. The molecule has 0 bridgehead atoms. The van der Waals surface area contributed by atoms with Crippen molar-refractivity contribution in [3.63, 3.8) is 0 Å². The van der Waals surface area contributed by atoms with Crippen LogP contribution in [0, 0.1) is 5.92 Å². The third-order valence-corrected chi connectivity index (χ3v) is 14.9. The number of hydrogen-bond acceptors (Lipinski definition) is 23. The maximum atomic E-state index is 14.7. The number of methoxy groups -OCH3 is 3. The van der Waals surface area contributed by atoms with E-state index in [0.717, 1.165) is 73.7 Å². The van der Waals surface area contributed by atoms with Crippen molar-refractivity contribution < 1.29 is 96.9 Å². The topological polar surface area (TPSA) is 366 Å². The van der Waals surface area contributed by atoms with Crippen LogP contribution in [0.5, 0.6) is 0 Å². The number of aliphatic hydroxyl groups is 4. The molecule has 1 aromatic heterocycles. The number of likely N-dealkylation sites (N-methyl/N-ethyl adjacent to an activating group) is 2. The minimum atomic E-state index is -1.97. The minimum absolute atomic E-state index is 0.215.